The van der Waals surface area contributed by atoms with Gasteiger partial charge in [0.15, 0.2) is 0 Å². The quantitative estimate of drug-likeness (QED) is 0.897. The number of anilines is 1. The molecule has 1 aliphatic heterocycles. The van der Waals surface area contributed by atoms with Gasteiger partial charge in [-0.1, -0.05) is 12.1 Å². The molecule has 1 unspecified atom stereocenters. The van der Waals surface area contributed by atoms with Crippen LogP contribution in [0.1, 0.15) is 12.8 Å². The lowest BCUT2D eigenvalue weighted by molar-refractivity contribution is 0.324. The number of likely N-dealkylation sites (N-methyl/N-ethyl adjacent to an activating group) is 1. The van der Waals surface area contributed by atoms with Gasteiger partial charge in [0.25, 0.3) is 0 Å². The van der Waals surface area contributed by atoms with Crippen LogP contribution in [-0.4, -0.2) is 51.2 Å². The van der Waals surface area contributed by atoms with Crippen molar-refractivity contribution in [3.63, 3.8) is 0 Å². The largest absolute Gasteiger partial charge is 0.365 e. The maximum absolute atomic E-state index is 14.0. The third kappa shape index (κ3) is 3.67. The lowest BCUT2D eigenvalue weighted by atomic mass is 10.1. The van der Waals surface area contributed by atoms with Gasteiger partial charge in [0.2, 0.25) is 0 Å². The van der Waals surface area contributed by atoms with Crippen LogP contribution >= 0.6 is 0 Å². The minimum absolute atomic E-state index is 0.110. The van der Waals surface area contributed by atoms with Crippen LogP contribution in [0.15, 0.2) is 24.3 Å². The Morgan fingerprint density at radius 1 is 1.32 bits per heavy atom. The van der Waals surface area contributed by atoms with Crippen LogP contribution in [0.4, 0.5) is 10.1 Å². The zero-order chi connectivity index (χ0) is 13.7. The van der Waals surface area contributed by atoms with Gasteiger partial charge in [-0.3, -0.25) is 0 Å². The maximum atomic E-state index is 14.0. The van der Waals surface area contributed by atoms with E-state index in [9.17, 15) is 4.39 Å². The van der Waals surface area contributed by atoms with Gasteiger partial charge in [0.1, 0.15) is 5.82 Å². The van der Waals surface area contributed by atoms with Crippen LogP contribution < -0.4 is 10.2 Å². The average molecular weight is 265 g/mol. The van der Waals surface area contributed by atoms with E-state index in [0.717, 1.165) is 44.7 Å². The summed E-state index contributed by atoms with van der Waals surface area (Å²) in [6, 6.07) is 7.50. The van der Waals surface area contributed by atoms with Crippen molar-refractivity contribution in [2.75, 3.05) is 45.2 Å². The topological polar surface area (TPSA) is 18.5 Å². The third-order valence-electron chi connectivity index (χ3n) is 3.79. The standard InChI is InChI=1S/C15H24FN3/c1-17-9-8-13-12-18(2)10-5-11-19(13)15-7-4-3-6-14(15)16/h3-4,6-7,13,17H,5,8-12H2,1-2H3. The van der Waals surface area contributed by atoms with Crippen LogP contribution in [0.25, 0.3) is 0 Å². The van der Waals surface area contributed by atoms with Gasteiger partial charge in [-0.05, 0) is 52.2 Å². The molecule has 3 nitrogen and oxygen atoms in total. The zero-order valence-electron chi connectivity index (χ0n) is 11.9. The molecule has 0 amide bonds. The predicted molar refractivity (Wildman–Crippen MR) is 78.2 cm³/mol. The van der Waals surface area contributed by atoms with Gasteiger partial charge in [0, 0.05) is 19.1 Å². The Morgan fingerprint density at radius 2 is 2.11 bits per heavy atom. The van der Waals surface area contributed by atoms with Crippen LogP contribution in [0, 0.1) is 5.82 Å². The molecular weight excluding hydrogens is 241 g/mol. The Labute approximate surface area is 115 Å². The van der Waals surface area contributed by atoms with Gasteiger partial charge < -0.3 is 15.1 Å². The number of nitrogens with one attached hydrogen (secondary N) is 1. The number of hydrogen-bond donors (Lipinski definition) is 1. The van der Waals surface area contributed by atoms with E-state index in [4.69, 9.17) is 0 Å². The van der Waals surface area contributed by atoms with Crippen molar-refractivity contribution >= 4 is 5.69 Å². The second-order valence-electron chi connectivity index (χ2n) is 5.31. The molecule has 19 heavy (non-hydrogen) atoms. The SMILES string of the molecule is CNCCC1CN(C)CCCN1c1ccccc1F. The second-order valence-corrected chi connectivity index (χ2v) is 5.31. The second kappa shape index (κ2) is 6.87. The van der Waals surface area contributed by atoms with E-state index in [1.54, 1.807) is 12.1 Å². The summed E-state index contributed by atoms with van der Waals surface area (Å²) in [4.78, 5) is 4.59. The molecule has 0 saturated carbocycles. The molecule has 1 fully saturated rings. The highest BCUT2D eigenvalue weighted by molar-refractivity contribution is 5.49. The fraction of sp³-hybridized carbons (Fsp3) is 0.600. The first kappa shape index (κ1) is 14.3. The lowest BCUT2D eigenvalue weighted by Crippen LogP contribution is -2.42. The van der Waals surface area contributed by atoms with Gasteiger partial charge in [0.05, 0.1) is 5.69 Å². The maximum Gasteiger partial charge on any atom is 0.146 e. The summed E-state index contributed by atoms with van der Waals surface area (Å²) in [7, 11) is 4.12. The Bertz CT molecular complexity index is 397. The summed E-state index contributed by atoms with van der Waals surface area (Å²) in [5, 5.41) is 3.20. The summed E-state index contributed by atoms with van der Waals surface area (Å²) in [5.41, 5.74) is 0.749. The molecule has 0 aromatic heterocycles. The molecule has 1 N–H and O–H groups in total. The van der Waals surface area contributed by atoms with E-state index in [2.05, 4.69) is 22.2 Å². The van der Waals surface area contributed by atoms with E-state index < -0.39 is 0 Å². The van der Waals surface area contributed by atoms with Gasteiger partial charge in [-0.25, -0.2) is 4.39 Å². The van der Waals surface area contributed by atoms with Crippen molar-refractivity contribution in [3.05, 3.63) is 30.1 Å². The smallest absolute Gasteiger partial charge is 0.146 e. The van der Waals surface area contributed by atoms with Crippen LogP contribution in [0.2, 0.25) is 0 Å². The van der Waals surface area contributed by atoms with Crippen LogP contribution in [0.3, 0.4) is 0 Å². The Kier molecular flexibility index (Phi) is 5.16. The summed E-state index contributed by atoms with van der Waals surface area (Å²) in [6.07, 6.45) is 2.12. The van der Waals surface area contributed by atoms with Gasteiger partial charge in [-0.2, -0.15) is 0 Å². The minimum Gasteiger partial charge on any atom is -0.365 e. The fourth-order valence-corrected chi connectivity index (χ4v) is 2.80. The number of hydrogen-bond acceptors (Lipinski definition) is 3. The van der Waals surface area contributed by atoms with Crippen LogP contribution in [-0.2, 0) is 0 Å². The molecule has 2 rings (SSSR count). The normalized spacial score (nSPS) is 21.4. The van der Waals surface area contributed by atoms with Crippen molar-refractivity contribution in [2.45, 2.75) is 18.9 Å². The monoisotopic (exact) mass is 265 g/mol. The highest BCUT2D eigenvalue weighted by atomic mass is 19.1. The number of para-hydroxylation sites is 1. The van der Waals surface area contributed by atoms with Crippen molar-refractivity contribution in [1.82, 2.24) is 10.2 Å². The molecule has 0 bridgehead atoms. The Balaban J connectivity index is 2.20. The summed E-state index contributed by atoms with van der Waals surface area (Å²) < 4.78 is 14.0. The molecule has 1 aliphatic rings. The molecule has 1 heterocycles. The minimum atomic E-state index is -0.110. The summed E-state index contributed by atoms with van der Waals surface area (Å²) in [6.45, 7) is 3.97. The van der Waals surface area contributed by atoms with Gasteiger partial charge in [-0.15, -0.1) is 0 Å². The molecule has 0 spiro atoms. The molecule has 106 valence electrons. The fourth-order valence-electron chi connectivity index (χ4n) is 2.80. The molecule has 1 aromatic rings. The molecular formula is C15H24FN3. The predicted octanol–water partition coefficient (Wildman–Crippen LogP) is 1.95. The van der Waals surface area contributed by atoms with E-state index in [1.165, 1.54) is 0 Å². The average Bonchev–Trinajstić information content (AvgIpc) is 2.58. The summed E-state index contributed by atoms with van der Waals surface area (Å²) >= 11 is 0. The Hall–Kier alpha value is -1.13. The highest BCUT2D eigenvalue weighted by Gasteiger charge is 2.24. The molecule has 4 heteroatoms. The van der Waals surface area contributed by atoms with Crippen molar-refractivity contribution in [2.24, 2.45) is 0 Å². The van der Waals surface area contributed by atoms with Crippen molar-refractivity contribution in [1.29, 1.82) is 0 Å². The van der Waals surface area contributed by atoms with Crippen molar-refractivity contribution in [3.8, 4) is 0 Å². The van der Waals surface area contributed by atoms with E-state index in [1.807, 2.05) is 19.2 Å². The summed E-state index contributed by atoms with van der Waals surface area (Å²) in [5.74, 6) is -0.110. The number of nitrogens with zero attached hydrogens (tertiary/aromatic N) is 2. The molecule has 1 atom stereocenters. The Morgan fingerprint density at radius 3 is 2.84 bits per heavy atom. The first-order valence-electron chi connectivity index (χ1n) is 7.06. The van der Waals surface area contributed by atoms with Gasteiger partial charge >= 0.3 is 0 Å². The number of rotatable bonds is 4. The molecule has 1 aromatic carbocycles. The third-order valence-corrected chi connectivity index (χ3v) is 3.79. The first-order chi connectivity index (χ1) is 9.22. The molecule has 0 aliphatic carbocycles. The highest BCUT2D eigenvalue weighted by Crippen LogP contribution is 2.24. The first-order valence-corrected chi connectivity index (χ1v) is 7.06. The van der Waals surface area contributed by atoms with Crippen LogP contribution in [0.5, 0.6) is 0 Å². The molecule has 0 radical (unpaired) electrons. The number of halogens is 1. The van der Waals surface area contributed by atoms with E-state index in [-0.39, 0.29) is 5.82 Å². The van der Waals surface area contributed by atoms with E-state index >= 15 is 0 Å². The van der Waals surface area contributed by atoms with E-state index in [0.29, 0.717) is 6.04 Å². The zero-order valence-corrected chi connectivity index (χ0v) is 11.9. The van der Waals surface area contributed by atoms with Crippen molar-refractivity contribution < 1.29 is 4.39 Å². The lowest BCUT2D eigenvalue weighted by Gasteiger charge is -2.33. The number of benzene rings is 1. The molecule has 1 saturated heterocycles.